The van der Waals surface area contributed by atoms with E-state index >= 15 is 0 Å². The fourth-order valence-corrected chi connectivity index (χ4v) is 2.73. The zero-order valence-corrected chi connectivity index (χ0v) is 11.1. The van der Waals surface area contributed by atoms with Gasteiger partial charge in [0.25, 0.3) is 5.91 Å². The highest BCUT2D eigenvalue weighted by molar-refractivity contribution is 6.05. The van der Waals surface area contributed by atoms with Gasteiger partial charge in [0.1, 0.15) is 0 Å². The average Bonchev–Trinajstić information content (AvgIpc) is 3.08. The number of hydrogen-bond acceptors (Lipinski definition) is 3. The Hall–Kier alpha value is -1.84. The van der Waals surface area contributed by atoms with Crippen molar-refractivity contribution in [1.29, 1.82) is 0 Å². The lowest BCUT2D eigenvalue weighted by Gasteiger charge is -2.21. The predicted molar refractivity (Wildman–Crippen MR) is 72.8 cm³/mol. The summed E-state index contributed by atoms with van der Waals surface area (Å²) in [5.74, 6) is 0.0928. The van der Waals surface area contributed by atoms with Crippen molar-refractivity contribution in [3.05, 3.63) is 35.9 Å². The van der Waals surface area contributed by atoms with Gasteiger partial charge in [-0.1, -0.05) is 42.4 Å². The minimum absolute atomic E-state index is 0.00972. The number of likely N-dealkylation sites (tertiary alicyclic amines) is 1. The van der Waals surface area contributed by atoms with Gasteiger partial charge in [0.15, 0.2) is 0 Å². The molecule has 2 atom stereocenters. The van der Waals surface area contributed by atoms with Crippen molar-refractivity contribution in [1.82, 2.24) is 4.90 Å². The Morgan fingerprint density at radius 3 is 2.63 bits per heavy atom. The van der Waals surface area contributed by atoms with Crippen molar-refractivity contribution in [2.24, 2.45) is 11.1 Å². The predicted octanol–water partition coefficient (Wildman–Crippen LogP) is 2.05. The number of hydrogen-bond donors (Lipinski definition) is 0. The molecule has 2 aliphatic heterocycles. The maximum absolute atomic E-state index is 12.4. The van der Waals surface area contributed by atoms with Gasteiger partial charge in [0.05, 0.1) is 11.6 Å². The molecular weight excluding hydrogens is 240 g/mol. The first-order chi connectivity index (χ1) is 9.27. The lowest BCUT2D eigenvalue weighted by molar-refractivity contribution is -0.142. The van der Waals surface area contributed by atoms with E-state index in [2.05, 4.69) is 5.16 Å². The molecule has 100 valence electrons. The van der Waals surface area contributed by atoms with E-state index in [9.17, 15) is 4.79 Å². The van der Waals surface area contributed by atoms with E-state index < -0.39 is 6.10 Å². The molecule has 1 amide bonds. The third-order valence-electron chi connectivity index (χ3n) is 3.88. The maximum Gasteiger partial charge on any atom is 0.267 e. The van der Waals surface area contributed by atoms with Crippen LogP contribution in [0.5, 0.6) is 0 Å². The number of amides is 1. The number of carbonyl (C=O) groups excluding carboxylic acids is 1. The van der Waals surface area contributed by atoms with Gasteiger partial charge in [-0.25, -0.2) is 0 Å². The average molecular weight is 258 g/mol. The van der Waals surface area contributed by atoms with Gasteiger partial charge in [-0.3, -0.25) is 4.79 Å². The number of nitrogens with zero attached hydrogens (tertiary/aromatic N) is 2. The smallest absolute Gasteiger partial charge is 0.267 e. The molecular formula is C15H18N2O2. The molecule has 1 aromatic carbocycles. The molecule has 0 bridgehead atoms. The molecule has 2 heterocycles. The van der Waals surface area contributed by atoms with Gasteiger partial charge < -0.3 is 9.74 Å². The fourth-order valence-electron chi connectivity index (χ4n) is 2.73. The Kier molecular flexibility index (Phi) is 3.23. The molecule has 1 fully saturated rings. The first-order valence-corrected chi connectivity index (χ1v) is 6.85. The quantitative estimate of drug-likeness (QED) is 0.814. The van der Waals surface area contributed by atoms with Crippen LogP contribution in [0.1, 0.15) is 25.3 Å². The van der Waals surface area contributed by atoms with Gasteiger partial charge in [-0.05, 0) is 18.4 Å². The molecule has 0 unspecified atom stereocenters. The highest BCUT2D eigenvalue weighted by Gasteiger charge is 2.39. The Balaban J connectivity index is 1.74. The number of benzene rings is 1. The lowest BCUT2D eigenvalue weighted by Crippen LogP contribution is -2.41. The molecule has 4 nitrogen and oxygen atoms in total. The first kappa shape index (κ1) is 12.2. The number of rotatable bonds is 2. The molecule has 0 radical (unpaired) electrons. The Morgan fingerprint density at radius 1 is 1.26 bits per heavy atom. The first-order valence-electron chi connectivity index (χ1n) is 6.85. The van der Waals surface area contributed by atoms with Gasteiger partial charge in [0.2, 0.25) is 6.10 Å². The zero-order chi connectivity index (χ0) is 13.2. The van der Waals surface area contributed by atoms with Crippen LogP contribution in [-0.2, 0) is 9.63 Å². The van der Waals surface area contributed by atoms with E-state index in [4.69, 9.17) is 4.84 Å². The molecule has 0 N–H and O–H groups in total. The summed E-state index contributed by atoms with van der Waals surface area (Å²) < 4.78 is 0. The molecule has 1 saturated heterocycles. The second kappa shape index (κ2) is 5.03. The zero-order valence-electron chi connectivity index (χ0n) is 11.1. The molecule has 0 aromatic heterocycles. The normalized spacial score (nSPS) is 26.2. The summed E-state index contributed by atoms with van der Waals surface area (Å²) in [6.07, 6.45) is 1.74. The van der Waals surface area contributed by atoms with Crippen molar-refractivity contribution in [2.45, 2.75) is 25.9 Å². The van der Waals surface area contributed by atoms with Crippen molar-refractivity contribution in [2.75, 3.05) is 13.1 Å². The highest BCUT2D eigenvalue weighted by atomic mass is 16.6. The van der Waals surface area contributed by atoms with E-state index in [1.165, 1.54) is 0 Å². The van der Waals surface area contributed by atoms with Gasteiger partial charge in [-0.15, -0.1) is 0 Å². The molecule has 0 spiro atoms. The van der Waals surface area contributed by atoms with Crippen LogP contribution in [0, 0.1) is 5.92 Å². The maximum atomic E-state index is 12.4. The third kappa shape index (κ3) is 2.23. The molecule has 3 rings (SSSR count). The SMILES string of the molecule is C[C@@H]1C(c2ccccc2)=NO[C@H]1C(=O)N1CCCC1. The fraction of sp³-hybridized carbons (Fsp3) is 0.467. The van der Waals surface area contributed by atoms with Gasteiger partial charge in [0, 0.05) is 13.1 Å². The summed E-state index contributed by atoms with van der Waals surface area (Å²) >= 11 is 0. The van der Waals surface area contributed by atoms with Crippen LogP contribution < -0.4 is 0 Å². The van der Waals surface area contributed by atoms with Crippen LogP contribution in [0.3, 0.4) is 0 Å². The van der Waals surface area contributed by atoms with E-state index in [1.54, 1.807) is 0 Å². The second-order valence-corrected chi connectivity index (χ2v) is 5.19. The van der Waals surface area contributed by atoms with Crippen molar-refractivity contribution in [3.8, 4) is 0 Å². The minimum Gasteiger partial charge on any atom is -0.381 e. The second-order valence-electron chi connectivity index (χ2n) is 5.19. The Morgan fingerprint density at radius 2 is 1.95 bits per heavy atom. The van der Waals surface area contributed by atoms with Gasteiger partial charge >= 0.3 is 0 Å². The standard InChI is InChI=1S/C15H18N2O2/c1-11-13(12-7-3-2-4-8-12)16-19-14(11)15(18)17-9-5-6-10-17/h2-4,7-8,11,14H,5-6,9-10H2,1H3/t11-,14-/m1/s1. The highest BCUT2D eigenvalue weighted by Crippen LogP contribution is 2.25. The van der Waals surface area contributed by atoms with Crippen molar-refractivity contribution in [3.63, 3.8) is 0 Å². The van der Waals surface area contributed by atoms with E-state index in [0.717, 1.165) is 37.2 Å². The number of oxime groups is 1. The summed E-state index contributed by atoms with van der Waals surface area (Å²) in [4.78, 5) is 19.7. The van der Waals surface area contributed by atoms with E-state index in [1.807, 2.05) is 42.2 Å². The summed E-state index contributed by atoms with van der Waals surface area (Å²) in [5.41, 5.74) is 1.91. The monoisotopic (exact) mass is 258 g/mol. The van der Waals surface area contributed by atoms with E-state index in [0.29, 0.717) is 0 Å². The Labute approximate surface area is 113 Å². The molecule has 0 saturated carbocycles. The molecule has 19 heavy (non-hydrogen) atoms. The summed E-state index contributed by atoms with van der Waals surface area (Å²) in [7, 11) is 0. The largest absolute Gasteiger partial charge is 0.381 e. The van der Waals surface area contributed by atoms with Crippen LogP contribution in [0.25, 0.3) is 0 Å². The lowest BCUT2D eigenvalue weighted by atomic mass is 9.93. The molecule has 4 heteroatoms. The Bertz CT molecular complexity index is 492. The third-order valence-corrected chi connectivity index (χ3v) is 3.88. The molecule has 2 aliphatic rings. The van der Waals surface area contributed by atoms with Crippen molar-refractivity contribution >= 4 is 11.6 Å². The van der Waals surface area contributed by atoms with Crippen molar-refractivity contribution < 1.29 is 9.63 Å². The molecule has 1 aromatic rings. The summed E-state index contributed by atoms with van der Waals surface area (Å²) in [6.45, 7) is 3.72. The van der Waals surface area contributed by atoms with E-state index in [-0.39, 0.29) is 11.8 Å². The topological polar surface area (TPSA) is 41.9 Å². The van der Waals surface area contributed by atoms with Crippen LogP contribution in [-0.4, -0.2) is 35.7 Å². The molecule has 0 aliphatic carbocycles. The minimum atomic E-state index is -0.451. The van der Waals surface area contributed by atoms with Crippen LogP contribution in [0.15, 0.2) is 35.5 Å². The summed E-state index contributed by atoms with van der Waals surface area (Å²) in [6, 6.07) is 9.92. The number of carbonyl (C=O) groups is 1. The van der Waals surface area contributed by atoms with Crippen LogP contribution in [0.2, 0.25) is 0 Å². The van der Waals surface area contributed by atoms with Gasteiger partial charge in [-0.2, -0.15) is 0 Å². The van der Waals surface area contributed by atoms with Crippen LogP contribution in [0.4, 0.5) is 0 Å². The summed E-state index contributed by atoms with van der Waals surface area (Å²) in [5, 5.41) is 4.13. The van der Waals surface area contributed by atoms with Crippen LogP contribution >= 0.6 is 0 Å².